The van der Waals surface area contributed by atoms with Gasteiger partial charge in [-0.1, -0.05) is 31.9 Å². The fourth-order valence-corrected chi connectivity index (χ4v) is 2.31. The summed E-state index contributed by atoms with van der Waals surface area (Å²) in [6, 6.07) is 3.08. The van der Waals surface area contributed by atoms with E-state index in [4.69, 9.17) is 4.74 Å². The molecule has 14 heavy (non-hydrogen) atoms. The first-order valence-electron chi connectivity index (χ1n) is 3.67. The van der Waals surface area contributed by atoms with Crippen molar-refractivity contribution in [1.29, 1.82) is 0 Å². The molecule has 76 valence electrons. The molecule has 0 amide bonds. The van der Waals surface area contributed by atoms with Gasteiger partial charge >= 0.3 is 5.69 Å². The minimum absolute atomic E-state index is 0.0379. The highest BCUT2D eigenvalue weighted by Gasteiger charge is 2.17. The third kappa shape index (κ3) is 2.24. The van der Waals surface area contributed by atoms with E-state index in [9.17, 15) is 10.1 Å². The van der Waals surface area contributed by atoms with Gasteiger partial charge in [0.15, 0.2) is 5.75 Å². The summed E-state index contributed by atoms with van der Waals surface area (Å²) in [6.07, 6.45) is 0. The Morgan fingerprint density at radius 1 is 1.57 bits per heavy atom. The maximum atomic E-state index is 10.6. The zero-order chi connectivity index (χ0) is 10.7. The summed E-state index contributed by atoms with van der Waals surface area (Å²) in [5, 5.41) is 11.2. The lowest BCUT2D eigenvalue weighted by Gasteiger charge is -2.05. The van der Waals surface area contributed by atoms with Crippen LogP contribution in [0.4, 0.5) is 5.69 Å². The summed E-state index contributed by atoms with van der Waals surface area (Å²) in [5.74, 6) is 0.271. The number of benzene rings is 1. The van der Waals surface area contributed by atoms with Crippen molar-refractivity contribution >= 4 is 37.5 Å². The first-order valence-corrected chi connectivity index (χ1v) is 5.58. The number of alkyl halides is 1. The van der Waals surface area contributed by atoms with Gasteiger partial charge in [-0.2, -0.15) is 0 Å². The molecule has 1 aromatic rings. The van der Waals surface area contributed by atoms with Crippen LogP contribution < -0.4 is 4.74 Å². The minimum Gasteiger partial charge on any atom is -0.490 e. The number of hydrogen-bond donors (Lipinski definition) is 0. The topological polar surface area (TPSA) is 52.4 Å². The van der Waals surface area contributed by atoms with Crippen LogP contribution in [-0.4, -0.2) is 12.0 Å². The number of hydrogen-bond acceptors (Lipinski definition) is 3. The lowest BCUT2D eigenvalue weighted by Crippen LogP contribution is -1.95. The van der Waals surface area contributed by atoms with E-state index in [0.29, 0.717) is 9.80 Å². The highest BCUT2D eigenvalue weighted by Crippen LogP contribution is 2.33. The predicted molar refractivity (Wildman–Crippen MR) is 60.0 cm³/mol. The van der Waals surface area contributed by atoms with Crippen LogP contribution in [0, 0.1) is 10.1 Å². The van der Waals surface area contributed by atoms with Crippen LogP contribution >= 0.6 is 31.9 Å². The van der Waals surface area contributed by atoms with Crippen LogP contribution in [0.15, 0.2) is 16.6 Å². The van der Waals surface area contributed by atoms with Crippen molar-refractivity contribution in [2.75, 3.05) is 7.11 Å². The Bertz CT molecular complexity index is 368. The lowest BCUT2D eigenvalue weighted by atomic mass is 10.2. The summed E-state index contributed by atoms with van der Waals surface area (Å²) >= 11 is 6.53. The summed E-state index contributed by atoms with van der Waals surface area (Å²) in [5.41, 5.74) is 0.872. The van der Waals surface area contributed by atoms with Crippen molar-refractivity contribution in [2.45, 2.75) is 5.33 Å². The normalized spacial score (nSPS) is 9.93. The number of nitrogens with zero attached hydrogens (tertiary/aromatic N) is 1. The van der Waals surface area contributed by atoms with Crippen LogP contribution in [0.3, 0.4) is 0 Å². The van der Waals surface area contributed by atoms with Crippen molar-refractivity contribution in [3.05, 3.63) is 32.3 Å². The van der Waals surface area contributed by atoms with Crippen LogP contribution in [0.5, 0.6) is 5.75 Å². The Labute approximate surface area is 97.7 Å². The van der Waals surface area contributed by atoms with Crippen LogP contribution in [-0.2, 0) is 5.33 Å². The van der Waals surface area contributed by atoms with Crippen molar-refractivity contribution < 1.29 is 9.66 Å². The first kappa shape index (κ1) is 11.5. The monoisotopic (exact) mass is 323 g/mol. The molecule has 0 heterocycles. The molecule has 1 rings (SSSR count). The van der Waals surface area contributed by atoms with Gasteiger partial charge in [0.05, 0.1) is 12.0 Å². The van der Waals surface area contributed by atoms with Gasteiger partial charge in [0.25, 0.3) is 0 Å². The second kappa shape index (κ2) is 4.75. The molecule has 0 aliphatic heterocycles. The van der Waals surface area contributed by atoms with E-state index in [1.165, 1.54) is 13.2 Å². The van der Waals surface area contributed by atoms with E-state index in [1.807, 2.05) is 0 Å². The van der Waals surface area contributed by atoms with E-state index in [0.717, 1.165) is 5.56 Å². The average Bonchev–Trinajstić information content (AvgIpc) is 2.17. The standard InChI is InChI=1S/C8H7Br2NO3/c1-14-8-2-5(4-9)6(10)3-7(8)11(12)13/h2-3H,4H2,1H3. The number of ether oxygens (including phenoxy) is 1. The number of halogens is 2. The SMILES string of the molecule is COc1cc(CBr)c(Br)cc1[N+](=O)[O-]. The summed E-state index contributed by atoms with van der Waals surface area (Å²) in [6.45, 7) is 0. The number of methoxy groups -OCH3 is 1. The second-order valence-electron chi connectivity index (χ2n) is 2.51. The summed E-state index contributed by atoms with van der Waals surface area (Å²) < 4.78 is 5.62. The molecule has 0 unspecified atom stereocenters. The third-order valence-electron chi connectivity index (χ3n) is 1.69. The Balaban J connectivity index is 3.31. The molecule has 0 aliphatic carbocycles. The van der Waals surface area contributed by atoms with E-state index in [-0.39, 0.29) is 11.4 Å². The molecule has 0 saturated carbocycles. The second-order valence-corrected chi connectivity index (χ2v) is 3.92. The lowest BCUT2D eigenvalue weighted by molar-refractivity contribution is -0.385. The van der Waals surface area contributed by atoms with Gasteiger partial charge in [0, 0.05) is 15.9 Å². The van der Waals surface area contributed by atoms with Crippen molar-refractivity contribution in [3.8, 4) is 5.75 Å². The molecular formula is C8H7Br2NO3. The van der Waals surface area contributed by atoms with Gasteiger partial charge in [-0.3, -0.25) is 10.1 Å². The van der Waals surface area contributed by atoms with Gasteiger partial charge in [-0.05, 0) is 11.6 Å². The Hall–Kier alpha value is -0.620. The smallest absolute Gasteiger partial charge is 0.312 e. The molecular weight excluding hydrogens is 318 g/mol. The molecule has 6 heteroatoms. The van der Waals surface area contributed by atoms with Gasteiger partial charge in [0.1, 0.15) is 0 Å². The predicted octanol–water partition coefficient (Wildman–Crippen LogP) is 3.26. The molecule has 0 spiro atoms. The zero-order valence-electron chi connectivity index (χ0n) is 7.29. The molecule has 0 saturated heterocycles. The minimum atomic E-state index is -0.471. The molecule has 0 fully saturated rings. The van der Waals surface area contributed by atoms with Crippen molar-refractivity contribution in [3.63, 3.8) is 0 Å². The Morgan fingerprint density at radius 3 is 2.64 bits per heavy atom. The molecule has 0 atom stereocenters. The molecule has 0 aromatic heterocycles. The summed E-state index contributed by atoms with van der Waals surface area (Å²) in [4.78, 5) is 10.2. The van der Waals surface area contributed by atoms with Crippen LogP contribution in [0.2, 0.25) is 0 Å². The van der Waals surface area contributed by atoms with Gasteiger partial charge in [-0.15, -0.1) is 0 Å². The van der Waals surface area contributed by atoms with Gasteiger partial charge in [-0.25, -0.2) is 0 Å². The van der Waals surface area contributed by atoms with E-state index in [2.05, 4.69) is 31.9 Å². The fourth-order valence-electron chi connectivity index (χ4n) is 0.994. The number of nitro groups is 1. The van der Waals surface area contributed by atoms with Gasteiger partial charge < -0.3 is 4.74 Å². The Kier molecular flexibility index (Phi) is 3.88. The molecule has 4 nitrogen and oxygen atoms in total. The van der Waals surface area contributed by atoms with E-state index >= 15 is 0 Å². The largest absolute Gasteiger partial charge is 0.490 e. The van der Waals surface area contributed by atoms with E-state index in [1.54, 1.807) is 6.07 Å². The maximum absolute atomic E-state index is 10.6. The molecule has 0 radical (unpaired) electrons. The van der Waals surface area contributed by atoms with Crippen molar-refractivity contribution in [1.82, 2.24) is 0 Å². The first-order chi connectivity index (χ1) is 6.60. The molecule has 0 aliphatic rings. The Morgan fingerprint density at radius 2 is 2.21 bits per heavy atom. The summed E-state index contributed by atoms with van der Waals surface area (Å²) in [7, 11) is 1.41. The average molecular weight is 325 g/mol. The van der Waals surface area contributed by atoms with Gasteiger partial charge in [0.2, 0.25) is 0 Å². The van der Waals surface area contributed by atoms with Crippen molar-refractivity contribution in [2.24, 2.45) is 0 Å². The highest BCUT2D eigenvalue weighted by molar-refractivity contribution is 9.10. The highest BCUT2D eigenvalue weighted by atomic mass is 79.9. The van der Waals surface area contributed by atoms with Crippen LogP contribution in [0.1, 0.15) is 5.56 Å². The van der Waals surface area contributed by atoms with Crippen LogP contribution in [0.25, 0.3) is 0 Å². The van der Waals surface area contributed by atoms with E-state index < -0.39 is 4.92 Å². The zero-order valence-corrected chi connectivity index (χ0v) is 10.5. The molecule has 1 aromatic carbocycles. The maximum Gasteiger partial charge on any atom is 0.312 e. The molecule has 0 bridgehead atoms. The molecule has 0 N–H and O–H groups in total. The fraction of sp³-hybridized carbons (Fsp3) is 0.250. The number of rotatable bonds is 3. The quantitative estimate of drug-likeness (QED) is 0.487. The third-order valence-corrected chi connectivity index (χ3v) is 3.03. The number of nitro benzene ring substituents is 1.